The van der Waals surface area contributed by atoms with Crippen molar-refractivity contribution in [1.82, 2.24) is 5.32 Å². The van der Waals surface area contributed by atoms with E-state index in [1.807, 2.05) is 17.0 Å². The molecule has 3 aliphatic rings. The van der Waals surface area contributed by atoms with Crippen molar-refractivity contribution in [1.29, 1.82) is 0 Å². The number of benzene rings is 2. The molecule has 29 heavy (non-hydrogen) atoms. The van der Waals surface area contributed by atoms with Gasteiger partial charge in [0.05, 0.1) is 13.2 Å². The lowest BCUT2D eigenvalue weighted by molar-refractivity contribution is -0.119. The molecule has 2 heterocycles. The molecule has 5 rings (SSSR count). The molecule has 2 aliphatic heterocycles. The molecule has 2 aromatic carbocycles. The van der Waals surface area contributed by atoms with Gasteiger partial charge in [-0.15, -0.1) is 0 Å². The molecule has 0 saturated carbocycles. The van der Waals surface area contributed by atoms with E-state index < -0.39 is 0 Å². The number of fused-ring (bicyclic) bond motifs is 3. The van der Waals surface area contributed by atoms with E-state index in [2.05, 4.69) is 59.9 Å². The van der Waals surface area contributed by atoms with Crippen molar-refractivity contribution in [2.24, 2.45) is 0 Å². The van der Waals surface area contributed by atoms with E-state index in [1.54, 1.807) is 7.11 Å². The van der Waals surface area contributed by atoms with Crippen molar-refractivity contribution in [3.8, 4) is 0 Å². The SMILES string of the molecule is COC1=C[C@@]2(CCNCc3ccccc3)c3ccccc3N3C(=O)CCC(=C1)[C@H]32. The van der Waals surface area contributed by atoms with Crippen molar-refractivity contribution in [3.05, 3.63) is 89.2 Å². The highest BCUT2D eigenvalue weighted by Gasteiger charge is 2.55. The number of nitrogens with zero attached hydrogens (tertiary/aromatic N) is 1. The highest BCUT2D eigenvalue weighted by Crippen LogP contribution is 2.55. The molecule has 1 fully saturated rings. The molecule has 0 unspecified atom stereocenters. The highest BCUT2D eigenvalue weighted by atomic mass is 16.5. The van der Waals surface area contributed by atoms with Crippen molar-refractivity contribution in [3.63, 3.8) is 0 Å². The summed E-state index contributed by atoms with van der Waals surface area (Å²) in [6.07, 6.45) is 6.69. The number of piperidine rings is 1. The van der Waals surface area contributed by atoms with E-state index in [9.17, 15) is 4.79 Å². The van der Waals surface area contributed by atoms with E-state index in [0.717, 1.165) is 37.4 Å². The van der Waals surface area contributed by atoms with Crippen LogP contribution < -0.4 is 10.2 Å². The Morgan fingerprint density at radius 3 is 2.72 bits per heavy atom. The zero-order valence-electron chi connectivity index (χ0n) is 16.7. The average Bonchev–Trinajstić information content (AvgIpc) is 3.06. The Labute approximate surface area is 171 Å². The number of ether oxygens (including phenoxy) is 1. The fraction of sp³-hybridized carbons (Fsp3) is 0.320. The summed E-state index contributed by atoms with van der Waals surface area (Å²) in [6, 6.07) is 18.9. The van der Waals surface area contributed by atoms with Gasteiger partial charge in [0, 0.05) is 24.1 Å². The van der Waals surface area contributed by atoms with Crippen molar-refractivity contribution in [2.45, 2.75) is 37.3 Å². The number of hydrogen-bond donors (Lipinski definition) is 1. The molecule has 0 aromatic heterocycles. The Kier molecular flexibility index (Phi) is 4.51. The van der Waals surface area contributed by atoms with Crippen LogP contribution in [0.1, 0.15) is 30.4 Å². The molecular weight excluding hydrogens is 360 g/mol. The first-order chi connectivity index (χ1) is 14.2. The van der Waals surface area contributed by atoms with E-state index in [4.69, 9.17) is 4.74 Å². The van der Waals surface area contributed by atoms with E-state index in [0.29, 0.717) is 6.42 Å². The number of methoxy groups -OCH3 is 1. The number of amides is 1. The van der Waals surface area contributed by atoms with Gasteiger partial charge in [0.1, 0.15) is 5.76 Å². The van der Waals surface area contributed by atoms with Gasteiger partial charge in [0.2, 0.25) is 5.91 Å². The van der Waals surface area contributed by atoms with Gasteiger partial charge in [-0.05, 0) is 54.3 Å². The summed E-state index contributed by atoms with van der Waals surface area (Å²) in [5.41, 5.74) is 4.64. The summed E-state index contributed by atoms with van der Waals surface area (Å²) in [4.78, 5) is 15.0. The number of carbonyl (C=O) groups excluding carboxylic acids is 1. The monoisotopic (exact) mass is 386 g/mol. The summed E-state index contributed by atoms with van der Waals surface area (Å²) < 4.78 is 5.69. The van der Waals surface area contributed by atoms with Crippen LogP contribution in [0, 0.1) is 0 Å². The first-order valence-corrected chi connectivity index (χ1v) is 10.4. The second-order valence-corrected chi connectivity index (χ2v) is 8.11. The standard InChI is InChI=1S/C25H26N2O2/c1-29-20-15-19-11-12-23(28)27-22-10-6-5-9-21(22)25(16-20,24(19)27)13-14-26-17-18-7-3-2-4-8-18/h2-10,15-16,24,26H,11-14,17H2,1H3/t24-,25-/m0/s1. The molecule has 2 aromatic rings. The Hall–Kier alpha value is -2.85. The van der Waals surface area contributed by atoms with Crippen LogP contribution in [0.4, 0.5) is 5.69 Å². The number of para-hydroxylation sites is 1. The summed E-state index contributed by atoms with van der Waals surface area (Å²) in [5, 5.41) is 3.60. The van der Waals surface area contributed by atoms with Crippen LogP contribution in [0.3, 0.4) is 0 Å². The maximum absolute atomic E-state index is 12.9. The molecule has 1 saturated heterocycles. The number of allylic oxidation sites excluding steroid dienone is 1. The van der Waals surface area contributed by atoms with Crippen molar-refractivity contribution in [2.75, 3.05) is 18.6 Å². The van der Waals surface area contributed by atoms with E-state index in [-0.39, 0.29) is 17.4 Å². The third kappa shape index (κ3) is 2.90. The molecule has 0 radical (unpaired) electrons. The Morgan fingerprint density at radius 1 is 1.10 bits per heavy atom. The fourth-order valence-electron chi connectivity index (χ4n) is 5.25. The molecule has 4 nitrogen and oxygen atoms in total. The molecular formula is C25H26N2O2. The van der Waals surface area contributed by atoms with Crippen LogP contribution in [0.15, 0.2) is 78.1 Å². The number of carbonyl (C=O) groups is 1. The second-order valence-electron chi connectivity index (χ2n) is 8.11. The van der Waals surface area contributed by atoms with Gasteiger partial charge < -0.3 is 15.0 Å². The van der Waals surface area contributed by atoms with Crippen LogP contribution in [0.25, 0.3) is 0 Å². The average molecular weight is 386 g/mol. The smallest absolute Gasteiger partial charge is 0.227 e. The minimum atomic E-state index is -0.244. The predicted octanol–water partition coefficient (Wildman–Crippen LogP) is 4.08. The van der Waals surface area contributed by atoms with Gasteiger partial charge in [0.15, 0.2) is 0 Å². The lowest BCUT2D eigenvalue weighted by Crippen LogP contribution is -2.52. The minimum absolute atomic E-state index is 0.0681. The summed E-state index contributed by atoms with van der Waals surface area (Å²) in [5.74, 6) is 1.14. The molecule has 0 bridgehead atoms. The van der Waals surface area contributed by atoms with Crippen LogP contribution in [-0.2, 0) is 21.5 Å². The predicted molar refractivity (Wildman–Crippen MR) is 115 cm³/mol. The molecule has 0 spiro atoms. The van der Waals surface area contributed by atoms with Gasteiger partial charge >= 0.3 is 0 Å². The van der Waals surface area contributed by atoms with Gasteiger partial charge in [-0.3, -0.25) is 4.79 Å². The maximum atomic E-state index is 12.9. The molecule has 148 valence electrons. The first kappa shape index (κ1) is 18.2. The topological polar surface area (TPSA) is 41.6 Å². The third-order valence-electron chi connectivity index (χ3n) is 6.51. The maximum Gasteiger partial charge on any atom is 0.227 e. The number of hydrogen-bond acceptors (Lipinski definition) is 3. The molecule has 1 amide bonds. The van der Waals surface area contributed by atoms with E-state index in [1.165, 1.54) is 16.7 Å². The molecule has 2 atom stereocenters. The molecule has 1 N–H and O–H groups in total. The first-order valence-electron chi connectivity index (χ1n) is 10.4. The van der Waals surface area contributed by atoms with Gasteiger partial charge in [0.25, 0.3) is 0 Å². The minimum Gasteiger partial charge on any atom is -0.497 e. The quantitative estimate of drug-likeness (QED) is 0.761. The number of rotatable bonds is 6. The fourth-order valence-corrected chi connectivity index (χ4v) is 5.25. The second kappa shape index (κ2) is 7.20. The Morgan fingerprint density at radius 2 is 1.90 bits per heavy atom. The van der Waals surface area contributed by atoms with Crippen LogP contribution >= 0.6 is 0 Å². The zero-order chi connectivity index (χ0) is 19.8. The summed E-state index contributed by atoms with van der Waals surface area (Å²) in [6.45, 7) is 1.71. The number of nitrogens with one attached hydrogen (secondary N) is 1. The normalized spacial score (nSPS) is 24.5. The van der Waals surface area contributed by atoms with Crippen LogP contribution in [0.5, 0.6) is 0 Å². The lowest BCUT2D eigenvalue weighted by Gasteiger charge is -2.43. The van der Waals surface area contributed by atoms with Gasteiger partial charge in [-0.25, -0.2) is 0 Å². The highest BCUT2D eigenvalue weighted by molar-refractivity contribution is 6.00. The van der Waals surface area contributed by atoms with Crippen LogP contribution in [0.2, 0.25) is 0 Å². The lowest BCUT2D eigenvalue weighted by atomic mass is 9.67. The summed E-state index contributed by atoms with van der Waals surface area (Å²) >= 11 is 0. The summed E-state index contributed by atoms with van der Waals surface area (Å²) in [7, 11) is 1.73. The van der Waals surface area contributed by atoms with Gasteiger partial charge in [-0.1, -0.05) is 48.5 Å². The third-order valence-corrected chi connectivity index (χ3v) is 6.51. The van der Waals surface area contributed by atoms with Crippen LogP contribution in [-0.4, -0.2) is 25.6 Å². The van der Waals surface area contributed by atoms with Gasteiger partial charge in [-0.2, -0.15) is 0 Å². The molecule has 4 heteroatoms. The largest absolute Gasteiger partial charge is 0.497 e. The zero-order valence-corrected chi connectivity index (χ0v) is 16.7. The Balaban J connectivity index is 1.49. The Bertz CT molecular complexity index is 995. The number of anilines is 1. The van der Waals surface area contributed by atoms with E-state index >= 15 is 0 Å². The van der Waals surface area contributed by atoms with Crippen molar-refractivity contribution < 1.29 is 9.53 Å². The molecule has 1 aliphatic carbocycles. The van der Waals surface area contributed by atoms with Crippen molar-refractivity contribution >= 4 is 11.6 Å².